The normalized spacial score (nSPS) is 10.5. The van der Waals surface area contributed by atoms with Gasteiger partial charge in [-0.15, -0.1) is 0 Å². The summed E-state index contributed by atoms with van der Waals surface area (Å²) in [5, 5.41) is 18.0. The number of aromatic nitrogens is 1. The van der Waals surface area contributed by atoms with Gasteiger partial charge in [0.15, 0.2) is 0 Å². The molecule has 5 nitrogen and oxygen atoms in total. The molecule has 2 aromatic rings. The van der Waals surface area contributed by atoms with E-state index in [-0.39, 0.29) is 15.7 Å². The van der Waals surface area contributed by atoms with E-state index in [0.717, 1.165) is 0 Å². The van der Waals surface area contributed by atoms with Crippen LogP contribution in [-0.4, -0.2) is 36.4 Å². The van der Waals surface area contributed by atoms with Crippen molar-refractivity contribution in [1.82, 2.24) is 4.98 Å². The molecular formula is C14H7AsBrN2O3. The number of carboxylic acids is 1. The van der Waals surface area contributed by atoms with E-state index in [1.165, 1.54) is 18.2 Å². The molecule has 0 unspecified atom stereocenters. The zero-order valence-electron chi connectivity index (χ0n) is 10.4. The molecule has 7 heteroatoms. The van der Waals surface area contributed by atoms with Crippen LogP contribution in [0.5, 0.6) is 0 Å². The average molecular weight is 406 g/mol. The molecular weight excluding hydrogens is 399 g/mol. The molecule has 0 aliphatic rings. The first-order valence-corrected chi connectivity index (χ1v) is 8.34. The van der Waals surface area contributed by atoms with Gasteiger partial charge in [-0.3, -0.25) is 0 Å². The molecule has 2 rings (SSSR count). The third-order valence-electron chi connectivity index (χ3n) is 2.51. The summed E-state index contributed by atoms with van der Waals surface area (Å²) in [5.41, 5.74) is 0.549. The molecule has 0 saturated heterocycles. The van der Waals surface area contributed by atoms with Gasteiger partial charge in [-0.05, 0) is 0 Å². The van der Waals surface area contributed by atoms with Gasteiger partial charge in [-0.2, -0.15) is 0 Å². The van der Waals surface area contributed by atoms with Gasteiger partial charge in [0.2, 0.25) is 0 Å². The first-order chi connectivity index (χ1) is 10.0. The molecule has 0 aliphatic carbocycles. The van der Waals surface area contributed by atoms with Crippen molar-refractivity contribution >= 4 is 46.6 Å². The number of aromatic carboxylic acids is 1. The molecule has 21 heavy (non-hydrogen) atoms. The molecule has 0 aliphatic heterocycles. The molecule has 0 spiro atoms. The zero-order valence-corrected chi connectivity index (χ0v) is 13.9. The van der Waals surface area contributed by atoms with Crippen LogP contribution in [0.4, 0.5) is 0 Å². The maximum absolute atomic E-state index is 12.2. The molecule has 1 aromatic heterocycles. The van der Waals surface area contributed by atoms with Gasteiger partial charge in [0, 0.05) is 0 Å². The second kappa shape index (κ2) is 6.66. The molecule has 1 aromatic carbocycles. The summed E-state index contributed by atoms with van der Waals surface area (Å²) in [6, 6.07) is 11.2. The third kappa shape index (κ3) is 3.78. The SMILES string of the molecule is N#Cc1ccc([As]C(=O)c2cccc(Br)n2)c(C(=O)O)c1. The predicted molar refractivity (Wildman–Crippen MR) is 79.8 cm³/mol. The minimum atomic E-state index is -1.15. The van der Waals surface area contributed by atoms with Crippen LogP contribution in [0.15, 0.2) is 41.0 Å². The monoisotopic (exact) mass is 405 g/mol. The fourth-order valence-corrected chi connectivity index (χ4v) is 3.77. The Hall–Kier alpha value is -1.96. The first-order valence-electron chi connectivity index (χ1n) is 5.67. The molecule has 1 radical (unpaired) electrons. The van der Waals surface area contributed by atoms with Crippen LogP contribution in [0.25, 0.3) is 0 Å². The minimum absolute atomic E-state index is 0.00241. The Morgan fingerprint density at radius 3 is 2.67 bits per heavy atom. The average Bonchev–Trinajstić information content (AvgIpc) is 2.47. The summed E-state index contributed by atoms with van der Waals surface area (Å²) in [6.45, 7) is 0. The maximum atomic E-state index is 12.2. The summed E-state index contributed by atoms with van der Waals surface area (Å²) in [5.74, 6) is -1.15. The summed E-state index contributed by atoms with van der Waals surface area (Å²) in [6.07, 6.45) is 0. The van der Waals surface area contributed by atoms with E-state index in [0.29, 0.717) is 14.6 Å². The standard InChI is InChI=1S/C14H7AsBrN2O3/c16-12-3-1-2-11(18-12)13(19)15-10-5-4-8(7-17)6-9(10)14(20)21/h1-6H,(H,20,21). The number of hydrogen-bond acceptors (Lipinski definition) is 4. The fraction of sp³-hybridized carbons (Fsp3) is 0. The van der Waals surface area contributed by atoms with Crippen LogP contribution in [0.2, 0.25) is 0 Å². The van der Waals surface area contributed by atoms with E-state index < -0.39 is 21.7 Å². The number of benzene rings is 1. The van der Waals surface area contributed by atoms with E-state index in [1.54, 1.807) is 18.2 Å². The number of rotatable bonds is 4. The van der Waals surface area contributed by atoms with Crippen molar-refractivity contribution in [2.45, 2.75) is 0 Å². The van der Waals surface area contributed by atoms with E-state index >= 15 is 0 Å². The Bertz CT molecular complexity index is 771. The molecule has 0 saturated carbocycles. The van der Waals surface area contributed by atoms with Gasteiger partial charge in [0.1, 0.15) is 0 Å². The number of hydrogen-bond donors (Lipinski definition) is 1. The van der Waals surface area contributed by atoms with E-state index in [4.69, 9.17) is 5.26 Å². The second-order valence-corrected chi connectivity index (χ2v) is 7.06. The number of carbonyl (C=O) groups excluding carboxylic acids is 1. The van der Waals surface area contributed by atoms with Gasteiger partial charge < -0.3 is 0 Å². The zero-order chi connectivity index (χ0) is 15.4. The Balaban J connectivity index is 2.33. The van der Waals surface area contributed by atoms with Crippen LogP contribution < -0.4 is 4.35 Å². The van der Waals surface area contributed by atoms with Crippen molar-refractivity contribution in [3.63, 3.8) is 0 Å². The van der Waals surface area contributed by atoms with E-state index in [1.807, 2.05) is 6.07 Å². The van der Waals surface area contributed by atoms with Crippen molar-refractivity contribution < 1.29 is 14.7 Å². The fourth-order valence-electron chi connectivity index (χ4n) is 1.57. The molecule has 0 atom stereocenters. The first kappa shape index (κ1) is 15.4. The number of pyridine rings is 1. The Morgan fingerprint density at radius 2 is 2.05 bits per heavy atom. The summed E-state index contributed by atoms with van der Waals surface area (Å²) >= 11 is 2.14. The van der Waals surface area contributed by atoms with Crippen LogP contribution in [0.3, 0.4) is 0 Å². The van der Waals surface area contributed by atoms with Crippen molar-refractivity contribution in [3.05, 3.63) is 57.8 Å². The van der Waals surface area contributed by atoms with Gasteiger partial charge in [-0.25, -0.2) is 0 Å². The van der Waals surface area contributed by atoms with E-state index in [2.05, 4.69) is 20.9 Å². The number of carboxylic acid groups (broad SMARTS) is 1. The van der Waals surface area contributed by atoms with Crippen molar-refractivity contribution in [1.29, 1.82) is 5.26 Å². The van der Waals surface area contributed by atoms with Crippen LogP contribution >= 0.6 is 15.9 Å². The molecule has 0 bridgehead atoms. The van der Waals surface area contributed by atoms with Crippen LogP contribution in [0.1, 0.15) is 26.4 Å². The molecule has 103 valence electrons. The Morgan fingerprint density at radius 1 is 1.29 bits per heavy atom. The summed E-state index contributed by atoms with van der Waals surface area (Å²) in [4.78, 5) is 27.5. The second-order valence-electron chi connectivity index (χ2n) is 3.91. The topological polar surface area (TPSA) is 91.0 Å². The van der Waals surface area contributed by atoms with E-state index in [9.17, 15) is 14.7 Å². The van der Waals surface area contributed by atoms with Crippen molar-refractivity contribution in [3.8, 4) is 6.07 Å². The Labute approximate surface area is 135 Å². The predicted octanol–water partition coefficient (Wildman–Crippen LogP) is 1.58. The molecule has 0 fully saturated rings. The van der Waals surface area contributed by atoms with Crippen molar-refractivity contribution in [2.75, 3.05) is 0 Å². The van der Waals surface area contributed by atoms with Gasteiger partial charge >= 0.3 is 135 Å². The molecule has 1 N–H and O–H groups in total. The van der Waals surface area contributed by atoms with Gasteiger partial charge in [-0.1, -0.05) is 0 Å². The van der Waals surface area contributed by atoms with Crippen LogP contribution in [-0.2, 0) is 0 Å². The molecule has 1 heterocycles. The van der Waals surface area contributed by atoms with Crippen molar-refractivity contribution in [2.24, 2.45) is 0 Å². The summed E-state index contributed by atoms with van der Waals surface area (Å²) in [7, 11) is 0. The number of nitriles is 1. The van der Waals surface area contributed by atoms with Gasteiger partial charge in [0.25, 0.3) is 0 Å². The number of nitrogens with zero attached hydrogens (tertiary/aromatic N) is 2. The number of halogens is 1. The Kier molecular flexibility index (Phi) is 4.89. The number of carbonyl (C=O) groups is 2. The molecule has 0 amide bonds. The third-order valence-corrected chi connectivity index (χ3v) is 5.18. The van der Waals surface area contributed by atoms with Crippen LogP contribution in [0, 0.1) is 11.3 Å². The summed E-state index contributed by atoms with van der Waals surface area (Å²) < 4.78 is 0.803. The quantitative estimate of drug-likeness (QED) is 0.615. The van der Waals surface area contributed by atoms with Gasteiger partial charge in [0.05, 0.1) is 0 Å².